The molecular weight excluding hydrogens is 369 g/mol. The van der Waals surface area contributed by atoms with Gasteiger partial charge in [-0.3, -0.25) is 4.90 Å². The zero-order valence-corrected chi connectivity index (χ0v) is 16.6. The van der Waals surface area contributed by atoms with Gasteiger partial charge in [0, 0.05) is 30.3 Å². The quantitative estimate of drug-likeness (QED) is 0.711. The molecule has 0 spiro atoms. The largest absolute Gasteiger partial charge is 0.497 e. The van der Waals surface area contributed by atoms with Crippen molar-refractivity contribution < 1.29 is 14.2 Å². The highest BCUT2D eigenvalue weighted by Gasteiger charge is 2.36. The second kappa shape index (κ2) is 7.43. The summed E-state index contributed by atoms with van der Waals surface area (Å²) in [6, 6.07) is 11.6. The minimum atomic E-state index is -0.636. The van der Waals surface area contributed by atoms with Gasteiger partial charge in [0.1, 0.15) is 12.4 Å². The predicted molar refractivity (Wildman–Crippen MR) is 110 cm³/mol. The van der Waals surface area contributed by atoms with Crippen molar-refractivity contribution in [3.63, 3.8) is 0 Å². The fraction of sp³-hybridized carbons (Fsp3) is 0.435. The van der Waals surface area contributed by atoms with Gasteiger partial charge in [-0.2, -0.15) is 0 Å². The number of halogens is 1. The van der Waals surface area contributed by atoms with Gasteiger partial charge in [0.05, 0.1) is 36.5 Å². The van der Waals surface area contributed by atoms with Gasteiger partial charge in [-0.05, 0) is 49.2 Å². The number of aliphatic hydroxyl groups excluding tert-OH is 1. The lowest BCUT2D eigenvalue weighted by Gasteiger charge is -2.31. The number of fused-ring (bicyclic) bond motifs is 5. The molecule has 5 nitrogen and oxygen atoms in total. The molecule has 152 valence electrons. The standard InChI is InChI=1S/C23H26FN3O2/c1-29-17-7-4-15(5-8-17)21(28)14-27-19-10-12-26-11-2-3-18(26)22(19)23-20(27)9-6-16(13-24)25-23/h4-9,18,21,28H,2-3,10-14H2,1H3. The Morgan fingerprint density at radius 3 is 2.79 bits per heavy atom. The van der Waals surface area contributed by atoms with Crippen LogP contribution in [-0.2, 0) is 19.6 Å². The van der Waals surface area contributed by atoms with Crippen molar-refractivity contribution in [1.82, 2.24) is 14.5 Å². The molecule has 29 heavy (non-hydrogen) atoms. The van der Waals surface area contributed by atoms with E-state index >= 15 is 0 Å². The number of nitrogens with zero attached hydrogens (tertiary/aromatic N) is 3. The Morgan fingerprint density at radius 1 is 1.21 bits per heavy atom. The number of ether oxygens (including phenoxy) is 1. The van der Waals surface area contributed by atoms with E-state index in [0.29, 0.717) is 18.3 Å². The van der Waals surface area contributed by atoms with Crippen LogP contribution < -0.4 is 4.74 Å². The Morgan fingerprint density at radius 2 is 2.03 bits per heavy atom. The molecule has 0 bridgehead atoms. The number of rotatable bonds is 5. The highest BCUT2D eigenvalue weighted by atomic mass is 19.1. The third-order valence-electron chi connectivity index (χ3n) is 6.44. The van der Waals surface area contributed by atoms with Crippen LogP contribution >= 0.6 is 0 Å². The Hall–Kier alpha value is -2.44. The van der Waals surface area contributed by atoms with E-state index in [1.165, 1.54) is 17.7 Å². The summed E-state index contributed by atoms with van der Waals surface area (Å²) in [5.74, 6) is 0.772. The van der Waals surface area contributed by atoms with Gasteiger partial charge in [0.2, 0.25) is 0 Å². The number of aromatic nitrogens is 2. The summed E-state index contributed by atoms with van der Waals surface area (Å²) < 4.78 is 20.8. The van der Waals surface area contributed by atoms with Gasteiger partial charge in [-0.1, -0.05) is 12.1 Å². The summed E-state index contributed by atoms with van der Waals surface area (Å²) in [4.78, 5) is 7.19. The van der Waals surface area contributed by atoms with Crippen LogP contribution in [0.25, 0.3) is 11.0 Å². The van der Waals surface area contributed by atoms with Crippen LogP contribution in [0.5, 0.6) is 5.75 Å². The topological polar surface area (TPSA) is 50.5 Å². The number of methoxy groups -OCH3 is 1. The van der Waals surface area contributed by atoms with Crippen LogP contribution in [0.2, 0.25) is 0 Å². The first kappa shape index (κ1) is 18.6. The molecule has 0 amide bonds. The first-order valence-electron chi connectivity index (χ1n) is 10.3. The lowest BCUT2D eigenvalue weighted by molar-refractivity contribution is 0.155. The van der Waals surface area contributed by atoms with Crippen LogP contribution in [0.3, 0.4) is 0 Å². The molecule has 0 aliphatic carbocycles. The summed E-state index contributed by atoms with van der Waals surface area (Å²) in [6.45, 7) is 2.05. The average Bonchev–Trinajstić information content (AvgIpc) is 3.36. The molecule has 6 heteroatoms. The van der Waals surface area contributed by atoms with Gasteiger partial charge in [0.15, 0.2) is 0 Å². The smallest absolute Gasteiger partial charge is 0.131 e. The van der Waals surface area contributed by atoms with Gasteiger partial charge in [-0.15, -0.1) is 0 Å². The van der Waals surface area contributed by atoms with Crippen molar-refractivity contribution in [1.29, 1.82) is 0 Å². The van der Waals surface area contributed by atoms with Crippen molar-refractivity contribution >= 4 is 11.0 Å². The molecule has 2 aliphatic rings. The van der Waals surface area contributed by atoms with Gasteiger partial charge >= 0.3 is 0 Å². The average molecular weight is 395 g/mol. The monoisotopic (exact) mass is 395 g/mol. The summed E-state index contributed by atoms with van der Waals surface area (Å²) in [6.07, 6.45) is 2.61. The maximum absolute atomic E-state index is 13.3. The first-order chi connectivity index (χ1) is 14.2. The van der Waals surface area contributed by atoms with Crippen molar-refractivity contribution in [2.24, 2.45) is 0 Å². The molecule has 0 saturated carbocycles. The number of hydrogen-bond donors (Lipinski definition) is 1. The van der Waals surface area contributed by atoms with E-state index in [1.54, 1.807) is 13.2 Å². The molecule has 5 rings (SSSR count). The third kappa shape index (κ3) is 3.11. The zero-order chi connectivity index (χ0) is 20.0. The minimum absolute atomic E-state index is 0.364. The highest BCUT2D eigenvalue weighted by Crippen LogP contribution is 2.43. The molecule has 3 aromatic rings. The molecule has 0 radical (unpaired) electrons. The van der Waals surface area contributed by atoms with Crippen molar-refractivity contribution in [3.05, 3.63) is 58.9 Å². The Labute approximate surface area is 169 Å². The van der Waals surface area contributed by atoms with E-state index < -0.39 is 12.8 Å². The van der Waals surface area contributed by atoms with E-state index in [9.17, 15) is 9.50 Å². The molecule has 2 atom stereocenters. The molecule has 4 heterocycles. The number of benzene rings is 1. The van der Waals surface area contributed by atoms with Gasteiger partial charge in [0.25, 0.3) is 0 Å². The minimum Gasteiger partial charge on any atom is -0.497 e. The lowest BCUT2D eigenvalue weighted by atomic mass is 9.98. The van der Waals surface area contributed by atoms with Gasteiger partial charge < -0.3 is 14.4 Å². The fourth-order valence-corrected chi connectivity index (χ4v) is 5.01. The molecule has 1 N–H and O–H groups in total. The number of pyridine rings is 1. The SMILES string of the molecule is COc1ccc(C(O)Cn2c3c(c4nc(CF)ccc42)C2CCCN2CC3)cc1. The maximum Gasteiger partial charge on any atom is 0.131 e. The first-order valence-corrected chi connectivity index (χ1v) is 10.3. The van der Waals surface area contributed by atoms with Crippen LogP contribution in [0.4, 0.5) is 4.39 Å². The second-order valence-electron chi connectivity index (χ2n) is 8.01. The van der Waals surface area contributed by atoms with Crippen molar-refractivity contribution in [2.75, 3.05) is 20.2 Å². The zero-order valence-electron chi connectivity index (χ0n) is 16.6. The molecule has 2 unspecified atom stereocenters. The molecule has 2 aromatic heterocycles. The van der Waals surface area contributed by atoms with E-state index in [4.69, 9.17) is 4.74 Å². The molecular formula is C23H26FN3O2. The highest BCUT2D eigenvalue weighted by molar-refractivity contribution is 5.83. The van der Waals surface area contributed by atoms with Crippen molar-refractivity contribution in [2.45, 2.75) is 44.6 Å². The summed E-state index contributed by atoms with van der Waals surface area (Å²) in [5.41, 5.74) is 5.73. The van der Waals surface area contributed by atoms with Crippen molar-refractivity contribution in [3.8, 4) is 5.75 Å². The predicted octanol–water partition coefficient (Wildman–Crippen LogP) is 3.94. The number of alkyl halides is 1. The Kier molecular flexibility index (Phi) is 4.76. The second-order valence-corrected chi connectivity index (χ2v) is 8.01. The van der Waals surface area contributed by atoms with Crippen LogP contribution in [0.1, 0.15) is 47.5 Å². The lowest BCUT2D eigenvalue weighted by Crippen LogP contribution is -2.31. The van der Waals surface area contributed by atoms with Crippen LogP contribution in [0.15, 0.2) is 36.4 Å². The third-order valence-corrected chi connectivity index (χ3v) is 6.44. The number of aliphatic hydroxyl groups is 1. The fourth-order valence-electron chi connectivity index (χ4n) is 5.01. The van der Waals surface area contributed by atoms with E-state index in [0.717, 1.165) is 48.3 Å². The van der Waals surface area contributed by atoms with E-state index in [2.05, 4.69) is 14.5 Å². The number of hydrogen-bond acceptors (Lipinski definition) is 4. The summed E-state index contributed by atoms with van der Waals surface area (Å²) in [5, 5.41) is 11.0. The van der Waals surface area contributed by atoms with Crippen LogP contribution in [-0.4, -0.2) is 39.8 Å². The Bertz CT molecular complexity index is 1030. The Balaban J connectivity index is 1.58. The summed E-state index contributed by atoms with van der Waals surface area (Å²) >= 11 is 0. The maximum atomic E-state index is 13.3. The van der Waals surface area contributed by atoms with Crippen LogP contribution in [0, 0.1) is 0 Å². The molecule has 1 aromatic carbocycles. The molecule has 1 saturated heterocycles. The molecule has 1 fully saturated rings. The van der Waals surface area contributed by atoms with Gasteiger partial charge in [-0.25, -0.2) is 9.37 Å². The van der Waals surface area contributed by atoms with E-state index in [1.807, 2.05) is 30.3 Å². The normalized spacial score (nSPS) is 19.9. The summed E-state index contributed by atoms with van der Waals surface area (Å²) in [7, 11) is 1.63. The molecule has 2 aliphatic heterocycles. The van der Waals surface area contributed by atoms with E-state index in [-0.39, 0.29) is 0 Å².